The summed E-state index contributed by atoms with van der Waals surface area (Å²) in [4.78, 5) is 21.7. The van der Waals surface area contributed by atoms with Gasteiger partial charge in [-0.2, -0.15) is 4.99 Å². The highest BCUT2D eigenvalue weighted by Crippen LogP contribution is 2.33. The zero-order valence-electron chi connectivity index (χ0n) is 15.5. The van der Waals surface area contributed by atoms with Gasteiger partial charge in [0, 0.05) is 31.9 Å². The van der Waals surface area contributed by atoms with Crippen molar-refractivity contribution in [1.82, 2.24) is 4.90 Å². The molecule has 4 rings (SSSR count). The molecule has 0 saturated carbocycles. The van der Waals surface area contributed by atoms with Crippen molar-refractivity contribution >= 4 is 34.6 Å². The van der Waals surface area contributed by atoms with Crippen LogP contribution in [0.5, 0.6) is 11.5 Å². The lowest BCUT2D eigenvalue weighted by Gasteiger charge is -2.36. The molecule has 2 aromatic rings. The van der Waals surface area contributed by atoms with Crippen LogP contribution in [0.15, 0.2) is 58.4 Å². The number of benzene rings is 2. The second kappa shape index (κ2) is 7.98. The number of aromatic hydroxyl groups is 1. The monoisotopic (exact) mass is 395 g/mol. The molecule has 1 saturated heterocycles. The molecule has 1 N–H and O–H groups in total. The topological polar surface area (TPSA) is 65.4 Å². The van der Waals surface area contributed by atoms with Crippen molar-refractivity contribution in [2.45, 2.75) is 0 Å². The van der Waals surface area contributed by atoms with E-state index in [0.29, 0.717) is 10.7 Å². The molecule has 2 aromatic carbocycles. The van der Waals surface area contributed by atoms with E-state index in [1.54, 1.807) is 24.3 Å². The number of nitrogens with zero attached hydrogens (tertiary/aromatic N) is 3. The predicted octanol–water partition coefficient (Wildman–Crippen LogP) is 3.19. The van der Waals surface area contributed by atoms with Gasteiger partial charge in [-0.1, -0.05) is 24.3 Å². The summed E-state index contributed by atoms with van der Waals surface area (Å²) in [6, 6.07) is 15.4. The highest BCUT2D eigenvalue weighted by Gasteiger charge is 2.28. The Morgan fingerprint density at radius 1 is 1.07 bits per heavy atom. The summed E-state index contributed by atoms with van der Waals surface area (Å²) in [7, 11) is 1.50. The van der Waals surface area contributed by atoms with Crippen molar-refractivity contribution in [2.75, 3.05) is 38.2 Å². The number of amides is 1. The van der Waals surface area contributed by atoms with Gasteiger partial charge in [-0.3, -0.25) is 4.79 Å². The second-order valence-electron chi connectivity index (χ2n) is 6.55. The van der Waals surface area contributed by atoms with Crippen LogP contribution in [-0.2, 0) is 4.79 Å². The lowest BCUT2D eigenvalue weighted by Crippen LogP contribution is -2.47. The number of para-hydroxylation sites is 1. The van der Waals surface area contributed by atoms with Gasteiger partial charge in [-0.15, -0.1) is 0 Å². The molecule has 1 fully saturated rings. The summed E-state index contributed by atoms with van der Waals surface area (Å²) in [5.74, 6) is 0.226. The number of thioether (sulfide) groups is 1. The van der Waals surface area contributed by atoms with E-state index < -0.39 is 0 Å². The fourth-order valence-corrected chi connectivity index (χ4v) is 4.23. The van der Waals surface area contributed by atoms with Crippen molar-refractivity contribution < 1.29 is 14.6 Å². The number of amidine groups is 1. The molecule has 0 radical (unpaired) electrons. The maximum absolute atomic E-state index is 12.3. The summed E-state index contributed by atoms with van der Waals surface area (Å²) in [5, 5.41) is 10.5. The normalized spacial score (nSPS) is 18.5. The fourth-order valence-electron chi connectivity index (χ4n) is 3.26. The van der Waals surface area contributed by atoms with Gasteiger partial charge in [-0.25, -0.2) is 0 Å². The molecule has 2 heterocycles. The molecule has 1 amide bonds. The summed E-state index contributed by atoms with van der Waals surface area (Å²) >= 11 is 1.40. The second-order valence-corrected chi connectivity index (χ2v) is 7.56. The number of phenols is 1. The van der Waals surface area contributed by atoms with Gasteiger partial charge < -0.3 is 19.6 Å². The average molecular weight is 395 g/mol. The molecule has 0 atom stereocenters. The number of piperazine rings is 1. The number of aliphatic imine (C=N–C) groups is 1. The maximum Gasteiger partial charge on any atom is 0.286 e. The number of phenolic OH excluding ortho intramolecular Hbond substituents is 1. The lowest BCUT2D eigenvalue weighted by atomic mass is 10.2. The number of hydrogen-bond donors (Lipinski definition) is 1. The molecule has 7 heteroatoms. The van der Waals surface area contributed by atoms with Gasteiger partial charge in [0.05, 0.1) is 12.0 Å². The molecule has 28 heavy (non-hydrogen) atoms. The van der Waals surface area contributed by atoms with Crippen molar-refractivity contribution in [3.05, 3.63) is 59.0 Å². The number of rotatable bonds is 3. The Morgan fingerprint density at radius 3 is 2.50 bits per heavy atom. The number of hydrogen-bond acceptors (Lipinski definition) is 6. The van der Waals surface area contributed by atoms with Gasteiger partial charge in [0.1, 0.15) is 0 Å². The lowest BCUT2D eigenvalue weighted by molar-refractivity contribution is -0.113. The van der Waals surface area contributed by atoms with E-state index in [9.17, 15) is 9.90 Å². The highest BCUT2D eigenvalue weighted by molar-refractivity contribution is 8.18. The third-order valence-electron chi connectivity index (χ3n) is 4.78. The zero-order chi connectivity index (χ0) is 19.5. The smallest absolute Gasteiger partial charge is 0.286 e. The first-order chi connectivity index (χ1) is 13.6. The minimum atomic E-state index is -0.225. The Morgan fingerprint density at radius 2 is 1.79 bits per heavy atom. The van der Waals surface area contributed by atoms with Crippen molar-refractivity contribution in [3.63, 3.8) is 0 Å². The van der Waals surface area contributed by atoms with E-state index >= 15 is 0 Å². The quantitative estimate of drug-likeness (QED) is 0.806. The Kier molecular flexibility index (Phi) is 5.25. The summed E-state index contributed by atoms with van der Waals surface area (Å²) in [5.41, 5.74) is 2.01. The van der Waals surface area contributed by atoms with E-state index in [4.69, 9.17) is 4.74 Å². The molecule has 144 valence electrons. The first-order valence-corrected chi connectivity index (χ1v) is 9.90. The van der Waals surface area contributed by atoms with Crippen LogP contribution in [0.25, 0.3) is 6.08 Å². The van der Waals surface area contributed by atoms with E-state index in [1.165, 1.54) is 24.6 Å². The van der Waals surface area contributed by atoms with Gasteiger partial charge >= 0.3 is 0 Å². The minimum absolute atomic E-state index is 0.0725. The number of ether oxygens (including phenoxy) is 1. The standard InChI is InChI=1S/C21H21N3O3S/c1-27-18-13-15(7-8-17(18)25)14-19-20(26)22-21(28-19)24-11-9-23(10-12-24)16-5-3-2-4-6-16/h2-8,13-14,25H,9-12H2,1H3/b19-14+. The molecule has 6 nitrogen and oxygen atoms in total. The number of carbonyl (C=O) groups excluding carboxylic acids is 1. The fraction of sp³-hybridized carbons (Fsp3) is 0.238. The Labute approximate surface area is 168 Å². The van der Waals surface area contributed by atoms with Gasteiger partial charge in [0.15, 0.2) is 16.7 Å². The SMILES string of the molecule is COc1cc(/C=C2/SC(N3CCN(c4ccccc4)CC3)=NC2=O)ccc1O. The van der Waals surface area contributed by atoms with Crippen LogP contribution < -0.4 is 9.64 Å². The van der Waals surface area contributed by atoms with Crippen LogP contribution in [0.2, 0.25) is 0 Å². The van der Waals surface area contributed by atoms with E-state index in [-0.39, 0.29) is 11.7 Å². The first-order valence-electron chi connectivity index (χ1n) is 9.08. The minimum Gasteiger partial charge on any atom is -0.504 e. The first kappa shape index (κ1) is 18.4. The number of methoxy groups -OCH3 is 1. The molecule has 0 bridgehead atoms. The van der Waals surface area contributed by atoms with E-state index in [1.807, 2.05) is 18.2 Å². The molecule has 0 aromatic heterocycles. The van der Waals surface area contributed by atoms with Crippen LogP contribution in [0.4, 0.5) is 5.69 Å². The van der Waals surface area contributed by atoms with Crippen molar-refractivity contribution in [1.29, 1.82) is 0 Å². The predicted molar refractivity (Wildman–Crippen MR) is 113 cm³/mol. The molecule has 2 aliphatic heterocycles. The Bertz CT molecular complexity index is 935. The largest absolute Gasteiger partial charge is 0.504 e. The Hall–Kier alpha value is -2.93. The highest BCUT2D eigenvalue weighted by atomic mass is 32.2. The van der Waals surface area contributed by atoms with Crippen molar-refractivity contribution in [2.24, 2.45) is 4.99 Å². The van der Waals surface area contributed by atoms with Gasteiger partial charge in [0.2, 0.25) is 0 Å². The van der Waals surface area contributed by atoms with Crippen LogP contribution in [0.3, 0.4) is 0 Å². The summed E-state index contributed by atoms with van der Waals surface area (Å²) < 4.78 is 5.13. The molecular weight excluding hydrogens is 374 g/mol. The van der Waals surface area contributed by atoms with Crippen LogP contribution in [0.1, 0.15) is 5.56 Å². The maximum atomic E-state index is 12.3. The molecule has 2 aliphatic rings. The van der Waals surface area contributed by atoms with Gasteiger partial charge in [-0.05, 0) is 47.7 Å². The van der Waals surface area contributed by atoms with Crippen molar-refractivity contribution in [3.8, 4) is 11.5 Å². The average Bonchev–Trinajstić information content (AvgIpc) is 3.10. The zero-order valence-corrected chi connectivity index (χ0v) is 16.4. The molecule has 0 spiro atoms. The molecule has 0 aliphatic carbocycles. The van der Waals surface area contributed by atoms with Crippen LogP contribution >= 0.6 is 11.8 Å². The third kappa shape index (κ3) is 3.84. The summed E-state index contributed by atoms with van der Waals surface area (Å²) in [6.07, 6.45) is 1.78. The van der Waals surface area contributed by atoms with E-state index in [2.05, 4.69) is 26.9 Å². The van der Waals surface area contributed by atoms with Crippen LogP contribution in [0, 0.1) is 0 Å². The number of anilines is 1. The number of carbonyl (C=O) groups is 1. The van der Waals surface area contributed by atoms with Crippen LogP contribution in [-0.4, -0.2) is 54.4 Å². The van der Waals surface area contributed by atoms with E-state index in [0.717, 1.165) is 36.9 Å². The molecular formula is C21H21N3O3S. The third-order valence-corrected chi connectivity index (χ3v) is 5.83. The van der Waals surface area contributed by atoms with Gasteiger partial charge in [0.25, 0.3) is 5.91 Å². The summed E-state index contributed by atoms with van der Waals surface area (Å²) in [6.45, 7) is 3.45. The Balaban J connectivity index is 1.42. The molecule has 0 unspecified atom stereocenters.